The van der Waals surface area contributed by atoms with Crippen molar-refractivity contribution in [3.8, 4) is 17.2 Å². The number of likely N-dealkylation sites (tertiary alicyclic amines) is 1. The summed E-state index contributed by atoms with van der Waals surface area (Å²) in [6.07, 6.45) is 0. The number of ether oxygens (including phenoxy) is 2. The van der Waals surface area contributed by atoms with Crippen LogP contribution in [0.1, 0.15) is 23.2 Å². The van der Waals surface area contributed by atoms with E-state index in [1.165, 1.54) is 0 Å². The average Bonchev–Trinajstić information content (AvgIpc) is 3.21. The van der Waals surface area contributed by atoms with Crippen LogP contribution < -0.4 is 20.3 Å². The fourth-order valence-corrected chi connectivity index (χ4v) is 4.29. The maximum atomic E-state index is 12.8. The summed E-state index contributed by atoms with van der Waals surface area (Å²) in [5, 5.41) is 10.3. The van der Waals surface area contributed by atoms with E-state index in [1.54, 1.807) is 31.3 Å². The molecule has 0 bridgehead atoms. The molecule has 3 N–H and O–H groups in total. The number of fused-ring (bicyclic) bond motifs is 1. The number of amides is 1. The van der Waals surface area contributed by atoms with Gasteiger partial charge >= 0.3 is 0 Å². The van der Waals surface area contributed by atoms with Crippen LogP contribution in [0.5, 0.6) is 17.2 Å². The number of para-hydroxylation sites is 1. The Bertz CT molecular complexity index is 872. The Morgan fingerprint density at radius 3 is 2.41 bits per heavy atom. The second-order valence-electron chi connectivity index (χ2n) is 6.89. The molecule has 4 atom stereocenters. The molecule has 0 spiro atoms. The second kappa shape index (κ2) is 6.75. The highest BCUT2D eigenvalue weighted by atomic mass is 16.5. The van der Waals surface area contributed by atoms with Gasteiger partial charge in [-0.15, -0.1) is 0 Å². The van der Waals surface area contributed by atoms with Gasteiger partial charge in [-0.3, -0.25) is 4.79 Å². The highest BCUT2D eigenvalue weighted by Gasteiger charge is 2.54. The molecular weight excluding hydrogens is 346 g/mol. The number of nitrogens with one attached hydrogen (secondary N) is 2. The largest absolute Gasteiger partial charge is 0.508 e. The number of methoxy groups -OCH3 is 2. The Kier molecular flexibility index (Phi) is 4.41. The molecule has 2 saturated heterocycles. The highest BCUT2D eigenvalue weighted by Crippen LogP contribution is 2.48. The van der Waals surface area contributed by atoms with E-state index in [0.717, 1.165) is 11.1 Å². The summed E-state index contributed by atoms with van der Waals surface area (Å²) in [6.45, 7) is 0. The van der Waals surface area contributed by atoms with Gasteiger partial charge in [0.15, 0.2) is 11.5 Å². The number of likely N-dealkylation sites (N-methyl/N-ethyl adjacent to an activating group) is 1. The van der Waals surface area contributed by atoms with Gasteiger partial charge in [-0.25, -0.2) is 10.9 Å². The number of phenols is 1. The third-order valence-corrected chi connectivity index (χ3v) is 5.58. The van der Waals surface area contributed by atoms with Gasteiger partial charge in [0.05, 0.1) is 26.3 Å². The van der Waals surface area contributed by atoms with Gasteiger partial charge in [0.1, 0.15) is 11.8 Å². The minimum absolute atomic E-state index is 0.0187. The number of hydrogen-bond acceptors (Lipinski definition) is 6. The van der Waals surface area contributed by atoms with Gasteiger partial charge in [-0.2, -0.15) is 0 Å². The summed E-state index contributed by atoms with van der Waals surface area (Å²) in [5.74, 6) is 1.41. The molecule has 0 saturated carbocycles. The van der Waals surface area contributed by atoms with Gasteiger partial charge in [0.25, 0.3) is 0 Å². The number of rotatable bonds is 4. The lowest BCUT2D eigenvalue weighted by atomic mass is 9.83. The van der Waals surface area contributed by atoms with Gasteiger partial charge in [0.2, 0.25) is 5.91 Å². The summed E-state index contributed by atoms with van der Waals surface area (Å²) in [7, 11) is 5.00. The van der Waals surface area contributed by atoms with E-state index in [0.29, 0.717) is 11.5 Å². The first kappa shape index (κ1) is 17.6. The Labute approximate surface area is 157 Å². The molecule has 0 radical (unpaired) electrons. The zero-order chi connectivity index (χ0) is 19.1. The third kappa shape index (κ3) is 2.70. The Morgan fingerprint density at radius 2 is 1.70 bits per heavy atom. The first-order valence-electron chi connectivity index (χ1n) is 8.84. The quantitative estimate of drug-likeness (QED) is 0.762. The van der Waals surface area contributed by atoms with Crippen molar-refractivity contribution in [3.05, 3.63) is 53.6 Å². The van der Waals surface area contributed by atoms with Crippen LogP contribution in [0.15, 0.2) is 42.5 Å². The number of hydrazine groups is 1. The first-order chi connectivity index (χ1) is 13.1. The maximum Gasteiger partial charge on any atom is 0.241 e. The predicted molar refractivity (Wildman–Crippen MR) is 99.5 cm³/mol. The zero-order valence-corrected chi connectivity index (χ0v) is 15.5. The van der Waals surface area contributed by atoms with Crippen molar-refractivity contribution in [1.82, 2.24) is 15.8 Å². The second-order valence-corrected chi connectivity index (χ2v) is 6.89. The number of aromatic hydroxyl groups is 1. The molecule has 7 nitrogen and oxygen atoms in total. The van der Waals surface area contributed by atoms with Gasteiger partial charge in [-0.1, -0.05) is 24.3 Å². The molecule has 1 amide bonds. The van der Waals surface area contributed by atoms with Crippen molar-refractivity contribution in [2.45, 2.75) is 18.1 Å². The van der Waals surface area contributed by atoms with Crippen molar-refractivity contribution in [1.29, 1.82) is 0 Å². The van der Waals surface area contributed by atoms with E-state index >= 15 is 0 Å². The summed E-state index contributed by atoms with van der Waals surface area (Å²) < 4.78 is 10.8. The van der Waals surface area contributed by atoms with Crippen LogP contribution >= 0.6 is 0 Å². The number of benzene rings is 2. The van der Waals surface area contributed by atoms with Gasteiger partial charge in [0, 0.05) is 18.5 Å². The van der Waals surface area contributed by atoms with Crippen molar-refractivity contribution in [3.63, 3.8) is 0 Å². The summed E-state index contributed by atoms with van der Waals surface area (Å²) in [5.41, 5.74) is 8.05. The van der Waals surface area contributed by atoms with Crippen LogP contribution in [0.2, 0.25) is 0 Å². The molecule has 2 fully saturated rings. The van der Waals surface area contributed by atoms with Crippen LogP contribution in [0.25, 0.3) is 0 Å². The lowest BCUT2D eigenvalue weighted by Crippen LogP contribution is -2.39. The number of nitrogens with zero attached hydrogens (tertiary/aromatic N) is 1. The fraction of sp³-hybridized carbons (Fsp3) is 0.350. The molecule has 4 unspecified atom stereocenters. The number of carbonyl (C=O) groups excluding carboxylic acids is 1. The molecular formula is C20H23N3O4. The highest BCUT2D eigenvalue weighted by molar-refractivity contribution is 5.86. The Morgan fingerprint density at radius 1 is 1.00 bits per heavy atom. The molecule has 7 heteroatoms. The van der Waals surface area contributed by atoms with E-state index in [9.17, 15) is 9.90 Å². The standard InChI is InChI=1S/C20H23N3O4/c1-23-19(11-8-9-14(26-2)15(10-11)27-3)16-17(21-22-18(16)20(23)25)12-6-4-5-7-13(12)24/h4-10,16-19,21-22,24H,1-3H3. The normalized spacial score (nSPS) is 26.9. The van der Waals surface area contributed by atoms with E-state index < -0.39 is 0 Å². The minimum Gasteiger partial charge on any atom is -0.508 e. The van der Waals surface area contributed by atoms with E-state index in [2.05, 4.69) is 10.9 Å². The molecule has 2 aliphatic rings. The van der Waals surface area contributed by atoms with E-state index in [4.69, 9.17) is 9.47 Å². The van der Waals surface area contributed by atoms with Crippen molar-refractivity contribution in [2.24, 2.45) is 5.92 Å². The number of phenolic OH excluding ortho intramolecular Hbond substituents is 1. The molecule has 142 valence electrons. The fourth-order valence-electron chi connectivity index (χ4n) is 4.29. The lowest BCUT2D eigenvalue weighted by Gasteiger charge is -2.29. The lowest BCUT2D eigenvalue weighted by molar-refractivity contribution is -0.129. The average molecular weight is 369 g/mol. The van der Waals surface area contributed by atoms with Crippen molar-refractivity contribution < 1.29 is 19.4 Å². The van der Waals surface area contributed by atoms with Gasteiger partial charge < -0.3 is 19.5 Å². The monoisotopic (exact) mass is 369 g/mol. The molecule has 2 aromatic rings. The molecule has 2 aliphatic heterocycles. The summed E-state index contributed by atoms with van der Waals surface area (Å²) in [6, 6.07) is 12.2. The molecule has 4 rings (SSSR count). The van der Waals surface area contributed by atoms with Crippen LogP contribution in [-0.4, -0.2) is 43.2 Å². The SMILES string of the molecule is COc1ccc(C2C3C(NNC3c3ccccc3O)C(=O)N2C)cc1OC. The predicted octanol–water partition coefficient (Wildman–Crippen LogP) is 1.76. The van der Waals surface area contributed by atoms with Crippen LogP contribution in [0.4, 0.5) is 0 Å². The van der Waals surface area contributed by atoms with Crippen molar-refractivity contribution in [2.75, 3.05) is 21.3 Å². The van der Waals surface area contributed by atoms with Crippen LogP contribution in [-0.2, 0) is 4.79 Å². The minimum atomic E-state index is -0.363. The smallest absolute Gasteiger partial charge is 0.241 e. The molecule has 2 heterocycles. The summed E-state index contributed by atoms with van der Waals surface area (Å²) >= 11 is 0. The zero-order valence-electron chi connectivity index (χ0n) is 15.5. The van der Waals surface area contributed by atoms with Crippen LogP contribution in [0.3, 0.4) is 0 Å². The van der Waals surface area contributed by atoms with Crippen molar-refractivity contribution >= 4 is 5.91 Å². The van der Waals surface area contributed by atoms with E-state index in [1.807, 2.05) is 37.4 Å². The third-order valence-electron chi connectivity index (χ3n) is 5.58. The summed E-state index contributed by atoms with van der Waals surface area (Å²) in [4.78, 5) is 14.6. The van der Waals surface area contributed by atoms with Gasteiger partial charge in [-0.05, 0) is 23.8 Å². The molecule has 0 aromatic heterocycles. The Hall–Kier alpha value is -2.77. The maximum absolute atomic E-state index is 12.8. The topological polar surface area (TPSA) is 83.1 Å². The van der Waals surface area contributed by atoms with E-state index in [-0.39, 0.29) is 35.7 Å². The number of hydrogen-bond donors (Lipinski definition) is 3. The Balaban J connectivity index is 1.77. The molecule has 0 aliphatic carbocycles. The molecule has 27 heavy (non-hydrogen) atoms. The number of carbonyl (C=O) groups is 1. The first-order valence-corrected chi connectivity index (χ1v) is 8.84. The molecule has 2 aromatic carbocycles. The van der Waals surface area contributed by atoms with Crippen LogP contribution in [0, 0.1) is 5.92 Å².